The van der Waals surface area contributed by atoms with E-state index in [1.807, 2.05) is 0 Å². The SMILES string of the molecule is CCOC(=O)C1CCCCN1C(=O)c1ccc(Cl)cc1O. The number of nitrogens with zero attached hydrogens (tertiary/aromatic N) is 1. The van der Waals surface area contributed by atoms with Crippen molar-refractivity contribution in [3.05, 3.63) is 28.8 Å². The molecule has 0 saturated carbocycles. The average molecular weight is 312 g/mol. The normalized spacial score (nSPS) is 18.4. The smallest absolute Gasteiger partial charge is 0.328 e. The van der Waals surface area contributed by atoms with Gasteiger partial charge in [-0.25, -0.2) is 4.79 Å². The molecule has 1 atom stereocenters. The zero-order valence-electron chi connectivity index (χ0n) is 11.8. The Hall–Kier alpha value is -1.75. The molecule has 1 aromatic carbocycles. The molecule has 0 spiro atoms. The van der Waals surface area contributed by atoms with Crippen molar-refractivity contribution in [2.24, 2.45) is 0 Å². The second kappa shape index (κ2) is 6.80. The first kappa shape index (κ1) is 15.6. The number of likely N-dealkylation sites (tertiary alicyclic amines) is 1. The van der Waals surface area contributed by atoms with Gasteiger partial charge >= 0.3 is 5.97 Å². The van der Waals surface area contributed by atoms with Crippen molar-refractivity contribution >= 4 is 23.5 Å². The van der Waals surface area contributed by atoms with Gasteiger partial charge in [-0.1, -0.05) is 11.6 Å². The lowest BCUT2D eigenvalue weighted by atomic mass is 10.0. The number of piperidine rings is 1. The van der Waals surface area contributed by atoms with Crippen molar-refractivity contribution in [3.63, 3.8) is 0 Å². The molecular formula is C15H18ClNO4. The van der Waals surface area contributed by atoms with Crippen molar-refractivity contribution in [1.82, 2.24) is 4.90 Å². The Morgan fingerprint density at radius 1 is 1.43 bits per heavy atom. The first-order chi connectivity index (χ1) is 10.0. The van der Waals surface area contributed by atoms with Crippen molar-refractivity contribution < 1.29 is 19.4 Å². The van der Waals surface area contributed by atoms with Gasteiger partial charge in [0.25, 0.3) is 5.91 Å². The van der Waals surface area contributed by atoms with Crippen LogP contribution in [0.1, 0.15) is 36.5 Å². The summed E-state index contributed by atoms with van der Waals surface area (Å²) < 4.78 is 5.03. The number of aromatic hydroxyl groups is 1. The second-order valence-electron chi connectivity index (χ2n) is 4.92. The van der Waals surface area contributed by atoms with Crippen molar-refractivity contribution in [1.29, 1.82) is 0 Å². The molecule has 0 aliphatic carbocycles. The Morgan fingerprint density at radius 2 is 2.19 bits per heavy atom. The number of phenols is 1. The Kier molecular flexibility index (Phi) is 5.07. The van der Waals surface area contributed by atoms with Crippen LogP contribution in [0.3, 0.4) is 0 Å². The topological polar surface area (TPSA) is 66.8 Å². The number of hydrogen-bond acceptors (Lipinski definition) is 4. The van der Waals surface area contributed by atoms with Gasteiger partial charge in [0.1, 0.15) is 11.8 Å². The van der Waals surface area contributed by atoms with E-state index in [2.05, 4.69) is 0 Å². The zero-order chi connectivity index (χ0) is 15.4. The number of carbonyl (C=O) groups excluding carboxylic acids is 2. The van der Waals surface area contributed by atoms with E-state index >= 15 is 0 Å². The highest BCUT2D eigenvalue weighted by atomic mass is 35.5. The van der Waals surface area contributed by atoms with Crippen LogP contribution in [0.5, 0.6) is 5.75 Å². The Balaban J connectivity index is 2.24. The van der Waals surface area contributed by atoms with Crippen LogP contribution in [0, 0.1) is 0 Å². The van der Waals surface area contributed by atoms with Gasteiger partial charge in [-0.2, -0.15) is 0 Å². The molecule has 1 unspecified atom stereocenters. The van der Waals surface area contributed by atoms with E-state index < -0.39 is 6.04 Å². The molecule has 1 saturated heterocycles. The minimum absolute atomic E-state index is 0.149. The van der Waals surface area contributed by atoms with Gasteiger partial charge in [-0.3, -0.25) is 4.79 Å². The van der Waals surface area contributed by atoms with Crippen molar-refractivity contribution in [2.45, 2.75) is 32.2 Å². The summed E-state index contributed by atoms with van der Waals surface area (Å²) in [4.78, 5) is 26.0. The van der Waals surface area contributed by atoms with Gasteiger partial charge in [0.15, 0.2) is 0 Å². The van der Waals surface area contributed by atoms with Gasteiger partial charge in [-0.05, 0) is 44.4 Å². The largest absolute Gasteiger partial charge is 0.507 e. The molecule has 0 radical (unpaired) electrons. The van der Waals surface area contributed by atoms with Crippen LogP contribution >= 0.6 is 11.6 Å². The van der Waals surface area contributed by atoms with E-state index in [1.54, 1.807) is 6.92 Å². The molecule has 6 heteroatoms. The number of carbonyl (C=O) groups is 2. The van der Waals surface area contributed by atoms with Gasteiger partial charge in [-0.15, -0.1) is 0 Å². The lowest BCUT2D eigenvalue weighted by molar-refractivity contribution is -0.149. The third-order valence-electron chi connectivity index (χ3n) is 3.51. The maximum absolute atomic E-state index is 12.6. The van der Waals surface area contributed by atoms with E-state index in [1.165, 1.54) is 23.1 Å². The molecule has 1 N–H and O–H groups in total. The molecule has 114 valence electrons. The highest BCUT2D eigenvalue weighted by Crippen LogP contribution is 2.26. The van der Waals surface area contributed by atoms with Crippen LogP contribution < -0.4 is 0 Å². The number of esters is 1. The average Bonchev–Trinajstić information content (AvgIpc) is 2.47. The lowest BCUT2D eigenvalue weighted by Crippen LogP contribution is -2.48. The van der Waals surface area contributed by atoms with E-state index in [0.717, 1.165) is 12.8 Å². The third kappa shape index (κ3) is 3.47. The van der Waals surface area contributed by atoms with E-state index in [4.69, 9.17) is 16.3 Å². The molecular weight excluding hydrogens is 294 g/mol. The quantitative estimate of drug-likeness (QED) is 0.871. The fraction of sp³-hybridized carbons (Fsp3) is 0.467. The van der Waals surface area contributed by atoms with Gasteiger partial charge in [0, 0.05) is 11.6 Å². The minimum atomic E-state index is -0.582. The fourth-order valence-electron chi connectivity index (χ4n) is 2.50. The van der Waals surface area contributed by atoms with Crippen LogP contribution in [0.15, 0.2) is 18.2 Å². The van der Waals surface area contributed by atoms with Crippen molar-refractivity contribution in [2.75, 3.05) is 13.2 Å². The van der Waals surface area contributed by atoms with Gasteiger partial charge < -0.3 is 14.7 Å². The molecule has 5 nitrogen and oxygen atoms in total. The van der Waals surface area contributed by atoms with Crippen LogP contribution in [-0.4, -0.2) is 41.1 Å². The predicted molar refractivity (Wildman–Crippen MR) is 78.4 cm³/mol. The van der Waals surface area contributed by atoms with Gasteiger partial charge in [0.2, 0.25) is 0 Å². The molecule has 1 aliphatic rings. The molecule has 2 rings (SSSR count). The Labute approximate surface area is 128 Å². The van der Waals surface area contributed by atoms with Gasteiger partial charge in [0.05, 0.1) is 12.2 Å². The number of halogens is 1. The summed E-state index contributed by atoms with van der Waals surface area (Å²) in [7, 11) is 0. The molecule has 0 aromatic heterocycles. The maximum atomic E-state index is 12.6. The number of hydrogen-bond donors (Lipinski definition) is 1. The fourth-order valence-corrected chi connectivity index (χ4v) is 2.66. The van der Waals surface area contributed by atoms with E-state index in [-0.39, 0.29) is 29.8 Å². The summed E-state index contributed by atoms with van der Waals surface area (Å²) in [5, 5.41) is 10.2. The summed E-state index contributed by atoms with van der Waals surface area (Å²) >= 11 is 5.77. The second-order valence-corrected chi connectivity index (χ2v) is 5.36. The molecule has 1 amide bonds. The number of benzene rings is 1. The highest BCUT2D eigenvalue weighted by Gasteiger charge is 2.34. The summed E-state index contributed by atoms with van der Waals surface area (Å²) in [5.74, 6) is -0.943. The molecule has 1 aliphatic heterocycles. The Morgan fingerprint density at radius 3 is 2.86 bits per heavy atom. The van der Waals surface area contributed by atoms with E-state index in [9.17, 15) is 14.7 Å². The third-order valence-corrected chi connectivity index (χ3v) is 3.75. The number of phenolic OH excluding ortho intramolecular Hbond substituents is 1. The first-order valence-corrected chi connectivity index (χ1v) is 7.38. The molecule has 1 aromatic rings. The van der Waals surface area contributed by atoms with Crippen LogP contribution in [0.4, 0.5) is 0 Å². The molecule has 0 bridgehead atoms. The number of ether oxygens (including phenoxy) is 1. The lowest BCUT2D eigenvalue weighted by Gasteiger charge is -2.34. The maximum Gasteiger partial charge on any atom is 0.328 e. The van der Waals surface area contributed by atoms with E-state index in [0.29, 0.717) is 18.0 Å². The first-order valence-electron chi connectivity index (χ1n) is 7.00. The number of rotatable bonds is 3. The minimum Gasteiger partial charge on any atom is -0.507 e. The summed E-state index contributed by atoms with van der Waals surface area (Å²) in [6.45, 7) is 2.49. The summed E-state index contributed by atoms with van der Waals surface area (Å²) in [6, 6.07) is 3.74. The van der Waals surface area contributed by atoms with Crippen LogP contribution in [0.2, 0.25) is 5.02 Å². The highest BCUT2D eigenvalue weighted by molar-refractivity contribution is 6.30. The summed E-state index contributed by atoms with van der Waals surface area (Å²) in [6.07, 6.45) is 2.29. The summed E-state index contributed by atoms with van der Waals surface area (Å²) in [5.41, 5.74) is 0.149. The standard InChI is InChI=1S/C15H18ClNO4/c1-2-21-15(20)12-5-3-4-8-17(12)14(19)11-7-6-10(16)9-13(11)18/h6-7,9,12,18H,2-5,8H2,1H3. The van der Waals surface area contributed by atoms with Crippen LogP contribution in [0.25, 0.3) is 0 Å². The molecule has 1 fully saturated rings. The molecule has 1 heterocycles. The Bertz CT molecular complexity index is 546. The molecule has 21 heavy (non-hydrogen) atoms. The number of amides is 1. The zero-order valence-corrected chi connectivity index (χ0v) is 12.6. The van der Waals surface area contributed by atoms with Crippen molar-refractivity contribution in [3.8, 4) is 5.75 Å². The van der Waals surface area contributed by atoms with Crippen LogP contribution in [-0.2, 0) is 9.53 Å². The predicted octanol–water partition coefficient (Wildman–Crippen LogP) is 2.60. The monoisotopic (exact) mass is 311 g/mol.